The average Bonchev–Trinajstić information content (AvgIpc) is 2.79. The zero-order valence-corrected chi connectivity index (χ0v) is 11.6. The first-order valence-corrected chi connectivity index (χ1v) is 6.86. The molecule has 2 aromatic rings. The molecule has 2 N–H and O–H groups in total. The van der Waals surface area contributed by atoms with Gasteiger partial charge in [0.25, 0.3) is 0 Å². The fourth-order valence-electron chi connectivity index (χ4n) is 1.47. The monoisotopic (exact) mass is 263 g/mol. The van der Waals surface area contributed by atoms with E-state index in [2.05, 4.69) is 17.1 Å². The van der Waals surface area contributed by atoms with E-state index in [1.807, 2.05) is 32.0 Å². The second-order valence-corrected chi connectivity index (χ2v) is 5.53. The minimum absolute atomic E-state index is 0.293. The highest BCUT2D eigenvalue weighted by Gasteiger charge is 2.10. The maximum atomic E-state index is 5.78. The van der Waals surface area contributed by atoms with Crippen LogP contribution in [-0.4, -0.2) is 10.1 Å². The molecule has 0 aliphatic rings. The molecule has 0 aliphatic carbocycles. The summed E-state index contributed by atoms with van der Waals surface area (Å²) in [7, 11) is 0. The Bertz CT molecular complexity index is 537. The number of hydrogen-bond donors (Lipinski definition) is 1. The smallest absolute Gasteiger partial charge is 0.237 e. The van der Waals surface area contributed by atoms with Gasteiger partial charge in [0.15, 0.2) is 5.82 Å². The summed E-state index contributed by atoms with van der Waals surface area (Å²) in [6, 6.07) is 5.90. The molecule has 0 radical (unpaired) electrons. The quantitative estimate of drug-likeness (QED) is 0.676. The van der Waals surface area contributed by atoms with Gasteiger partial charge in [0, 0.05) is 16.5 Å². The van der Waals surface area contributed by atoms with Crippen LogP contribution in [0.2, 0.25) is 0 Å². The van der Waals surface area contributed by atoms with Crippen molar-refractivity contribution < 1.29 is 4.52 Å². The molecule has 0 saturated heterocycles. The molecule has 1 aromatic heterocycles. The van der Waals surface area contributed by atoms with Gasteiger partial charge in [-0.3, -0.25) is 0 Å². The Balaban J connectivity index is 2.04. The molecule has 1 heterocycles. The molecular weight excluding hydrogens is 246 g/mol. The van der Waals surface area contributed by atoms with Crippen molar-refractivity contribution in [3.63, 3.8) is 0 Å². The first kappa shape index (κ1) is 13.0. The highest BCUT2D eigenvalue weighted by molar-refractivity contribution is 7.98. The van der Waals surface area contributed by atoms with Gasteiger partial charge in [-0.1, -0.05) is 25.1 Å². The molecule has 0 saturated carbocycles. The Morgan fingerprint density at radius 1 is 1.39 bits per heavy atom. The van der Waals surface area contributed by atoms with Crippen LogP contribution in [0.15, 0.2) is 27.6 Å². The highest BCUT2D eigenvalue weighted by Crippen LogP contribution is 2.27. The first-order valence-electron chi connectivity index (χ1n) is 5.87. The summed E-state index contributed by atoms with van der Waals surface area (Å²) in [5, 5.41) is 3.94. The molecule has 0 aliphatic heterocycles. The van der Waals surface area contributed by atoms with Crippen LogP contribution in [0.1, 0.15) is 37.0 Å². The zero-order valence-electron chi connectivity index (χ0n) is 10.8. The lowest BCUT2D eigenvalue weighted by atomic mass is 10.2. The summed E-state index contributed by atoms with van der Waals surface area (Å²) in [5.41, 5.74) is 7.76. The van der Waals surface area contributed by atoms with Crippen molar-refractivity contribution in [3.05, 3.63) is 35.5 Å². The summed E-state index contributed by atoms with van der Waals surface area (Å²) in [6.07, 6.45) is 0. The molecule has 2 rings (SSSR count). The third-order valence-electron chi connectivity index (χ3n) is 2.56. The number of nitrogens with zero attached hydrogens (tertiary/aromatic N) is 2. The van der Waals surface area contributed by atoms with E-state index in [4.69, 9.17) is 10.3 Å². The number of hydrogen-bond acceptors (Lipinski definition) is 5. The third kappa shape index (κ3) is 3.04. The molecule has 0 spiro atoms. The van der Waals surface area contributed by atoms with Gasteiger partial charge in [0.2, 0.25) is 5.89 Å². The molecule has 0 fully saturated rings. The molecule has 0 unspecified atom stereocenters. The molecule has 0 amide bonds. The van der Waals surface area contributed by atoms with Crippen LogP contribution in [0.5, 0.6) is 0 Å². The topological polar surface area (TPSA) is 64.9 Å². The predicted octanol–water partition coefficient (Wildman–Crippen LogP) is 3.38. The summed E-state index contributed by atoms with van der Waals surface area (Å²) < 4.78 is 5.20. The van der Waals surface area contributed by atoms with E-state index in [0.29, 0.717) is 17.6 Å². The van der Waals surface area contributed by atoms with Crippen LogP contribution in [0, 0.1) is 6.92 Å². The van der Waals surface area contributed by atoms with Crippen molar-refractivity contribution in [2.75, 3.05) is 5.73 Å². The fourth-order valence-corrected chi connectivity index (χ4v) is 2.38. The lowest BCUT2D eigenvalue weighted by molar-refractivity contribution is 0.383. The third-order valence-corrected chi connectivity index (χ3v) is 3.71. The maximum absolute atomic E-state index is 5.78. The van der Waals surface area contributed by atoms with E-state index in [1.165, 1.54) is 5.56 Å². The number of nitrogen functional groups attached to an aromatic ring is 1. The SMILES string of the molecule is Cc1ccc(N)cc1SCc1nc(C(C)C)no1. The Kier molecular flexibility index (Phi) is 3.91. The molecular formula is C13H17N3OS. The fraction of sp³-hybridized carbons (Fsp3) is 0.385. The minimum atomic E-state index is 0.293. The molecule has 96 valence electrons. The molecule has 0 bridgehead atoms. The van der Waals surface area contributed by atoms with E-state index in [-0.39, 0.29) is 0 Å². The minimum Gasteiger partial charge on any atom is -0.399 e. The Labute approximate surface area is 111 Å². The second-order valence-electron chi connectivity index (χ2n) is 4.51. The van der Waals surface area contributed by atoms with Crippen LogP contribution in [0.4, 0.5) is 5.69 Å². The van der Waals surface area contributed by atoms with Gasteiger partial charge in [-0.2, -0.15) is 4.98 Å². The van der Waals surface area contributed by atoms with Crippen LogP contribution < -0.4 is 5.73 Å². The number of rotatable bonds is 4. The highest BCUT2D eigenvalue weighted by atomic mass is 32.2. The van der Waals surface area contributed by atoms with Gasteiger partial charge in [0.1, 0.15) is 0 Å². The van der Waals surface area contributed by atoms with Crippen LogP contribution in [0.3, 0.4) is 0 Å². The number of benzene rings is 1. The number of aromatic nitrogens is 2. The Morgan fingerprint density at radius 3 is 2.83 bits per heavy atom. The normalized spacial score (nSPS) is 11.1. The van der Waals surface area contributed by atoms with Gasteiger partial charge < -0.3 is 10.3 Å². The predicted molar refractivity (Wildman–Crippen MR) is 73.5 cm³/mol. The van der Waals surface area contributed by atoms with E-state index in [0.717, 1.165) is 16.4 Å². The maximum Gasteiger partial charge on any atom is 0.237 e. The summed E-state index contributed by atoms with van der Waals surface area (Å²) in [4.78, 5) is 5.50. The van der Waals surface area contributed by atoms with Gasteiger partial charge in [-0.05, 0) is 24.6 Å². The van der Waals surface area contributed by atoms with Crippen LogP contribution >= 0.6 is 11.8 Å². The van der Waals surface area contributed by atoms with E-state index in [1.54, 1.807) is 11.8 Å². The first-order chi connectivity index (χ1) is 8.56. The Morgan fingerprint density at radius 2 is 2.17 bits per heavy atom. The largest absolute Gasteiger partial charge is 0.399 e. The van der Waals surface area contributed by atoms with E-state index >= 15 is 0 Å². The van der Waals surface area contributed by atoms with Crippen LogP contribution in [0.25, 0.3) is 0 Å². The Hall–Kier alpha value is -1.49. The van der Waals surface area contributed by atoms with Gasteiger partial charge in [-0.25, -0.2) is 0 Å². The second kappa shape index (κ2) is 5.44. The van der Waals surface area contributed by atoms with E-state index < -0.39 is 0 Å². The van der Waals surface area contributed by atoms with Gasteiger partial charge in [-0.15, -0.1) is 11.8 Å². The number of aryl methyl sites for hydroxylation is 1. The standard InChI is InChI=1S/C13H17N3OS/c1-8(2)13-15-12(17-16-13)7-18-11-6-10(14)5-4-9(11)3/h4-6,8H,7,14H2,1-3H3. The molecule has 1 aromatic carbocycles. The average molecular weight is 263 g/mol. The van der Waals surface area contributed by atoms with Crippen molar-refractivity contribution in [1.82, 2.24) is 10.1 Å². The van der Waals surface area contributed by atoms with Crippen molar-refractivity contribution >= 4 is 17.4 Å². The van der Waals surface area contributed by atoms with Crippen molar-refractivity contribution in [3.8, 4) is 0 Å². The van der Waals surface area contributed by atoms with Gasteiger partial charge >= 0.3 is 0 Å². The number of thioether (sulfide) groups is 1. The van der Waals surface area contributed by atoms with Gasteiger partial charge in [0.05, 0.1) is 5.75 Å². The zero-order chi connectivity index (χ0) is 13.1. The molecule has 18 heavy (non-hydrogen) atoms. The molecule has 0 atom stereocenters. The number of nitrogens with two attached hydrogens (primary N) is 1. The van der Waals surface area contributed by atoms with E-state index in [9.17, 15) is 0 Å². The summed E-state index contributed by atoms with van der Waals surface area (Å²) >= 11 is 1.66. The lowest BCUT2D eigenvalue weighted by Gasteiger charge is -2.04. The number of anilines is 1. The molecule has 4 nitrogen and oxygen atoms in total. The summed E-state index contributed by atoms with van der Waals surface area (Å²) in [6.45, 7) is 6.16. The summed E-state index contributed by atoms with van der Waals surface area (Å²) in [5.74, 6) is 2.38. The van der Waals surface area contributed by atoms with Crippen LogP contribution in [-0.2, 0) is 5.75 Å². The lowest BCUT2D eigenvalue weighted by Crippen LogP contribution is -1.91. The van der Waals surface area contributed by atoms with Crippen molar-refractivity contribution in [2.45, 2.75) is 37.3 Å². The van der Waals surface area contributed by atoms with Crippen molar-refractivity contribution in [1.29, 1.82) is 0 Å². The molecule has 5 heteroatoms. The van der Waals surface area contributed by atoms with Crippen molar-refractivity contribution in [2.24, 2.45) is 0 Å².